The SMILES string of the molecule is c1ccc(B2c3c(c4ccccc4n3-c3ccccc3)N(c3ccc4sc5ccccc5c4c3)c3c2n(-c2ccccc2)c2ccccc32)cc1. The Balaban J connectivity index is 1.36. The number of para-hydroxylation sites is 4. The van der Waals surface area contributed by atoms with Crippen LogP contribution in [0.1, 0.15) is 0 Å². The highest BCUT2D eigenvalue weighted by Crippen LogP contribution is 2.47. The normalized spacial score (nSPS) is 12.6. The van der Waals surface area contributed by atoms with Crippen molar-refractivity contribution in [2.75, 3.05) is 4.90 Å². The highest BCUT2D eigenvalue weighted by Gasteiger charge is 2.44. The van der Waals surface area contributed by atoms with Crippen molar-refractivity contribution in [2.24, 2.45) is 0 Å². The third-order valence-corrected chi connectivity index (χ3v) is 11.7. The first-order valence-electron chi connectivity index (χ1n) is 17.5. The predicted molar refractivity (Wildman–Crippen MR) is 219 cm³/mol. The fourth-order valence-corrected chi connectivity index (χ4v) is 9.60. The Kier molecular flexibility index (Phi) is 6.22. The van der Waals surface area contributed by atoms with Gasteiger partial charge in [-0.05, 0) is 60.7 Å². The molecule has 51 heavy (non-hydrogen) atoms. The molecule has 0 radical (unpaired) electrons. The lowest BCUT2D eigenvalue weighted by atomic mass is 9.38. The van der Waals surface area contributed by atoms with E-state index in [-0.39, 0.29) is 6.71 Å². The summed E-state index contributed by atoms with van der Waals surface area (Å²) >= 11 is 1.87. The van der Waals surface area contributed by atoms with Crippen molar-refractivity contribution in [1.82, 2.24) is 9.13 Å². The molecule has 3 aromatic heterocycles. The molecule has 0 unspecified atom stereocenters. The average molecular weight is 668 g/mol. The van der Waals surface area contributed by atoms with Gasteiger partial charge in [-0.15, -0.1) is 11.3 Å². The van der Waals surface area contributed by atoms with Crippen LogP contribution in [0.5, 0.6) is 0 Å². The van der Waals surface area contributed by atoms with E-state index in [4.69, 9.17) is 0 Å². The number of aromatic nitrogens is 2. The van der Waals surface area contributed by atoms with Crippen LogP contribution >= 0.6 is 11.3 Å². The van der Waals surface area contributed by atoms with E-state index in [1.165, 1.54) is 70.0 Å². The molecule has 1 aliphatic heterocycles. The second-order valence-corrected chi connectivity index (χ2v) is 14.4. The molecule has 238 valence electrons. The molecule has 1 aliphatic rings. The van der Waals surface area contributed by atoms with Crippen molar-refractivity contribution in [1.29, 1.82) is 0 Å². The zero-order chi connectivity index (χ0) is 33.5. The zero-order valence-corrected chi connectivity index (χ0v) is 28.5. The van der Waals surface area contributed by atoms with Crippen molar-refractivity contribution < 1.29 is 0 Å². The number of hydrogen-bond donors (Lipinski definition) is 0. The molecular formula is C46H30BN3S. The van der Waals surface area contributed by atoms with Gasteiger partial charge in [-0.25, -0.2) is 0 Å². The molecule has 0 aliphatic carbocycles. The maximum Gasteiger partial charge on any atom is 0.289 e. The summed E-state index contributed by atoms with van der Waals surface area (Å²) in [6.07, 6.45) is 0. The van der Waals surface area contributed by atoms with Crippen LogP contribution in [0.15, 0.2) is 182 Å². The van der Waals surface area contributed by atoms with Crippen LogP contribution in [-0.4, -0.2) is 15.8 Å². The van der Waals surface area contributed by atoms with Crippen molar-refractivity contribution >= 4 is 93.7 Å². The first kappa shape index (κ1) is 28.5. The third-order valence-electron chi connectivity index (χ3n) is 10.5. The number of nitrogens with zero attached hydrogens (tertiary/aromatic N) is 3. The molecule has 4 heterocycles. The van der Waals surface area contributed by atoms with Crippen LogP contribution in [0.25, 0.3) is 53.4 Å². The lowest BCUT2D eigenvalue weighted by Gasteiger charge is -2.35. The standard InChI is InChI=1S/C46H30BN3S/c1-4-16-31(17-5-1)47-45-43(36-23-10-13-25-39(36)48(45)32-18-6-2-7-19-32)50(34-28-29-42-38(30-34)35-22-12-15-27-41(35)51-42)44-37-24-11-14-26-40(37)49(46(44)47)33-20-8-3-9-21-33/h1-30H. The Hall–Kier alpha value is -6.30. The number of benzene rings is 7. The molecule has 0 saturated heterocycles. The fourth-order valence-electron chi connectivity index (χ4n) is 8.51. The van der Waals surface area contributed by atoms with Crippen molar-refractivity contribution in [2.45, 2.75) is 0 Å². The monoisotopic (exact) mass is 667 g/mol. The Bertz CT molecular complexity index is 2800. The highest BCUT2D eigenvalue weighted by atomic mass is 32.1. The van der Waals surface area contributed by atoms with Gasteiger partial charge < -0.3 is 14.0 Å². The average Bonchev–Trinajstić information content (AvgIpc) is 3.86. The van der Waals surface area contributed by atoms with Gasteiger partial charge >= 0.3 is 0 Å². The number of hydrogen-bond acceptors (Lipinski definition) is 2. The smallest absolute Gasteiger partial charge is 0.289 e. The van der Waals surface area contributed by atoms with Gasteiger partial charge in [0.1, 0.15) is 0 Å². The van der Waals surface area contributed by atoms with Crippen molar-refractivity contribution in [3.63, 3.8) is 0 Å². The Labute approximate surface area is 299 Å². The molecule has 0 bridgehead atoms. The summed E-state index contributed by atoms with van der Waals surface area (Å²) in [5.41, 5.74) is 12.1. The zero-order valence-electron chi connectivity index (χ0n) is 27.6. The van der Waals surface area contributed by atoms with E-state index in [2.05, 4.69) is 196 Å². The quantitative estimate of drug-likeness (QED) is 0.170. The second kappa shape index (κ2) is 11.1. The van der Waals surface area contributed by atoms with Gasteiger partial charge in [0.05, 0.1) is 22.4 Å². The third kappa shape index (κ3) is 4.13. The topological polar surface area (TPSA) is 13.1 Å². The molecule has 10 aromatic rings. The fraction of sp³-hybridized carbons (Fsp3) is 0. The summed E-state index contributed by atoms with van der Waals surface area (Å²) in [5, 5.41) is 5.06. The highest BCUT2D eigenvalue weighted by molar-refractivity contribution is 7.25. The number of anilines is 3. The number of fused-ring (bicyclic) bond motifs is 9. The van der Waals surface area contributed by atoms with Crippen molar-refractivity contribution in [3.8, 4) is 11.4 Å². The minimum Gasteiger partial charge on any atom is -0.319 e. The van der Waals surface area contributed by atoms with E-state index in [1.807, 2.05) is 11.3 Å². The van der Waals surface area contributed by atoms with Crippen LogP contribution in [0.2, 0.25) is 0 Å². The summed E-state index contributed by atoms with van der Waals surface area (Å²) < 4.78 is 7.65. The van der Waals surface area contributed by atoms with Crippen LogP contribution in [0.4, 0.5) is 17.1 Å². The molecule has 3 nitrogen and oxygen atoms in total. The summed E-state index contributed by atoms with van der Waals surface area (Å²) in [6, 6.07) is 66.6. The van der Waals surface area contributed by atoms with Gasteiger partial charge in [-0.2, -0.15) is 0 Å². The van der Waals surface area contributed by atoms with Crippen LogP contribution in [-0.2, 0) is 0 Å². The van der Waals surface area contributed by atoms with E-state index in [1.54, 1.807) is 0 Å². The molecular weight excluding hydrogens is 637 g/mol. The van der Waals surface area contributed by atoms with Gasteiger partial charge in [-0.3, -0.25) is 0 Å². The largest absolute Gasteiger partial charge is 0.319 e. The lowest BCUT2D eigenvalue weighted by molar-refractivity contribution is 1.13. The summed E-state index contributed by atoms with van der Waals surface area (Å²) in [7, 11) is 0. The van der Waals surface area contributed by atoms with Gasteiger partial charge in [-0.1, -0.05) is 127 Å². The number of thiophene rings is 1. The maximum atomic E-state index is 2.58. The first-order chi connectivity index (χ1) is 25.3. The summed E-state index contributed by atoms with van der Waals surface area (Å²) in [6.45, 7) is -0.0710. The van der Waals surface area contributed by atoms with Crippen molar-refractivity contribution in [3.05, 3.63) is 182 Å². The molecule has 0 spiro atoms. The van der Waals surface area contributed by atoms with E-state index < -0.39 is 0 Å². The van der Waals surface area contributed by atoms with E-state index >= 15 is 0 Å². The van der Waals surface area contributed by atoms with E-state index in [0.29, 0.717) is 0 Å². The minimum atomic E-state index is -0.0710. The van der Waals surface area contributed by atoms with Gasteiger partial charge in [0.25, 0.3) is 6.71 Å². The van der Waals surface area contributed by atoms with E-state index in [9.17, 15) is 0 Å². The molecule has 0 fully saturated rings. The maximum absolute atomic E-state index is 2.58. The predicted octanol–water partition coefficient (Wildman–Crippen LogP) is 10.2. The van der Waals surface area contributed by atoms with E-state index in [0.717, 1.165) is 17.1 Å². The summed E-state index contributed by atoms with van der Waals surface area (Å²) in [4.78, 5) is 2.58. The molecule has 0 atom stereocenters. The molecule has 0 N–H and O–H groups in total. The molecule has 0 amide bonds. The Morgan fingerprint density at radius 3 is 1.43 bits per heavy atom. The Morgan fingerprint density at radius 2 is 0.843 bits per heavy atom. The van der Waals surface area contributed by atoms with Crippen LogP contribution < -0.4 is 21.5 Å². The van der Waals surface area contributed by atoms with Gasteiger partial charge in [0, 0.05) is 59.2 Å². The molecule has 11 rings (SSSR count). The Morgan fingerprint density at radius 1 is 0.373 bits per heavy atom. The molecule has 7 aromatic carbocycles. The second-order valence-electron chi connectivity index (χ2n) is 13.3. The van der Waals surface area contributed by atoms with Crippen LogP contribution in [0, 0.1) is 0 Å². The molecule has 5 heteroatoms. The van der Waals surface area contributed by atoms with Crippen LogP contribution in [0.3, 0.4) is 0 Å². The minimum absolute atomic E-state index is 0.0710. The van der Waals surface area contributed by atoms with Gasteiger partial charge in [0.15, 0.2) is 0 Å². The first-order valence-corrected chi connectivity index (χ1v) is 18.3. The summed E-state index contributed by atoms with van der Waals surface area (Å²) in [5.74, 6) is 0. The van der Waals surface area contributed by atoms with Gasteiger partial charge in [0.2, 0.25) is 0 Å². The lowest BCUT2D eigenvalue weighted by Crippen LogP contribution is -2.60. The number of rotatable bonds is 4. The molecule has 0 saturated carbocycles.